The van der Waals surface area contributed by atoms with Crippen LogP contribution in [0.15, 0.2) is 72.4 Å². The van der Waals surface area contributed by atoms with Gasteiger partial charge in [0.1, 0.15) is 11.9 Å². The first-order valence-electron chi connectivity index (χ1n) is 13.4. The van der Waals surface area contributed by atoms with Crippen LogP contribution >= 0.6 is 0 Å². The van der Waals surface area contributed by atoms with E-state index in [1.54, 1.807) is 52.1 Å². The summed E-state index contributed by atoms with van der Waals surface area (Å²) < 4.78 is 70.2. The molecule has 1 N–H and O–H groups in total. The third-order valence-corrected chi connectivity index (χ3v) is 7.02. The molecule has 1 atom stereocenters. The summed E-state index contributed by atoms with van der Waals surface area (Å²) in [6.07, 6.45) is -2.57. The van der Waals surface area contributed by atoms with Crippen molar-refractivity contribution in [3.63, 3.8) is 0 Å². The van der Waals surface area contributed by atoms with Gasteiger partial charge in [-0.25, -0.2) is 9.18 Å². The number of carbonyl (C=O) groups is 2. The van der Waals surface area contributed by atoms with Crippen LogP contribution in [0.1, 0.15) is 50.8 Å². The largest absolute Gasteiger partial charge is 0.444 e. The van der Waals surface area contributed by atoms with Gasteiger partial charge in [0.2, 0.25) is 0 Å². The number of hydrogen-bond acceptors (Lipinski definition) is 6. The average Bonchev–Trinajstić information content (AvgIpc) is 3.34. The number of halogens is 4. The molecule has 0 saturated carbocycles. The highest BCUT2D eigenvalue weighted by Gasteiger charge is 2.50. The first-order valence-corrected chi connectivity index (χ1v) is 13.4. The number of alkyl carbamates (subject to hydrolysis) is 1. The Kier molecular flexibility index (Phi) is 8.68. The van der Waals surface area contributed by atoms with Crippen LogP contribution in [0.25, 0.3) is 5.57 Å². The fourth-order valence-corrected chi connectivity index (χ4v) is 4.77. The zero-order valence-corrected chi connectivity index (χ0v) is 24.5. The number of aromatic nitrogens is 3. The van der Waals surface area contributed by atoms with Crippen LogP contribution in [0.3, 0.4) is 0 Å². The van der Waals surface area contributed by atoms with Crippen LogP contribution in [0, 0.1) is 0 Å². The third-order valence-electron chi connectivity index (χ3n) is 7.02. The van der Waals surface area contributed by atoms with Gasteiger partial charge >= 0.3 is 12.3 Å². The summed E-state index contributed by atoms with van der Waals surface area (Å²) in [6, 6.07) is 6.46. The molecule has 2 aliphatic heterocycles. The lowest BCUT2D eigenvalue weighted by Crippen LogP contribution is -2.50. The monoisotopic (exact) mass is 603 g/mol. The van der Waals surface area contributed by atoms with Crippen molar-refractivity contribution in [3.05, 3.63) is 89.3 Å². The maximum absolute atomic E-state index is 15.8. The molecule has 0 radical (unpaired) electrons. The summed E-state index contributed by atoms with van der Waals surface area (Å²) in [7, 11) is 1.62. The van der Waals surface area contributed by atoms with E-state index in [4.69, 9.17) is 9.47 Å². The van der Waals surface area contributed by atoms with E-state index in [0.717, 1.165) is 11.0 Å². The van der Waals surface area contributed by atoms with Gasteiger partial charge in [-0.2, -0.15) is 13.2 Å². The van der Waals surface area contributed by atoms with Gasteiger partial charge < -0.3 is 19.4 Å². The molecule has 1 unspecified atom stereocenters. The van der Waals surface area contributed by atoms with Crippen LogP contribution in [0.5, 0.6) is 0 Å². The van der Waals surface area contributed by atoms with E-state index in [-0.39, 0.29) is 36.7 Å². The van der Waals surface area contributed by atoms with Gasteiger partial charge in [0.15, 0.2) is 12.0 Å². The minimum absolute atomic E-state index is 0.00760. The molecule has 2 aromatic rings. The van der Waals surface area contributed by atoms with Crippen LogP contribution < -0.4 is 5.32 Å². The fourth-order valence-electron chi connectivity index (χ4n) is 4.77. The van der Waals surface area contributed by atoms with Crippen molar-refractivity contribution >= 4 is 17.6 Å². The Bertz CT molecular complexity index is 1510. The molecule has 3 heterocycles. The van der Waals surface area contributed by atoms with E-state index in [1.807, 2.05) is 0 Å². The van der Waals surface area contributed by atoms with Crippen LogP contribution in [-0.2, 0) is 26.7 Å². The molecule has 1 saturated heterocycles. The number of aryl methyl sites for hydroxylation is 1. The van der Waals surface area contributed by atoms with E-state index in [9.17, 15) is 22.8 Å². The summed E-state index contributed by atoms with van der Waals surface area (Å²) in [5.74, 6) is -0.724. The quantitative estimate of drug-likeness (QED) is 0.334. The molecule has 43 heavy (non-hydrogen) atoms. The van der Waals surface area contributed by atoms with Gasteiger partial charge in [-0.15, -0.1) is 10.2 Å². The average molecular weight is 604 g/mol. The van der Waals surface area contributed by atoms with Crippen molar-refractivity contribution in [3.8, 4) is 0 Å². The molecule has 230 valence electrons. The van der Waals surface area contributed by atoms with E-state index in [1.165, 1.54) is 30.1 Å². The molecule has 1 aromatic heterocycles. The number of carbonyl (C=O) groups excluding carboxylic acids is 2. The van der Waals surface area contributed by atoms with Gasteiger partial charge in [0.05, 0.1) is 29.9 Å². The molecule has 0 spiro atoms. The molecule has 0 aliphatic carbocycles. The van der Waals surface area contributed by atoms with Gasteiger partial charge in [0.25, 0.3) is 5.91 Å². The van der Waals surface area contributed by atoms with Gasteiger partial charge in [-0.3, -0.25) is 9.69 Å². The van der Waals surface area contributed by atoms with Crippen LogP contribution in [0.2, 0.25) is 0 Å². The zero-order valence-electron chi connectivity index (χ0n) is 24.5. The van der Waals surface area contributed by atoms with E-state index in [0.29, 0.717) is 11.1 Å². The van der Waals surface area contributed by atoms with Crippen molar-refractivity contribution in [1.82, 2.24) is 25.0 Å². The SMILES string of the molecule is C=C(C(=O)N1C=C(CNC(=O)OC(C)(C)C)C=C(C(F)(F)F)/C1=C/C)c1cccc(C2(C(F)c3nncn3C)COC2)c1. The van der Waals surface area contributed by atoms with Crippen LogP contribution in [0.4, 0.5) is 22.4 Å². The molecule has 2 amide bonds. The smallest absolute Gasteiger partial charge is 0.418 e. The summed E-state index contributed by atoms with van der Waals surface area (Å²) in [4.78, 5) is 26.7. The standard InChI is InChI=1S/C30H33F4N5O4/c1-7-23-22(30(32,33)34)11-19(13-35-27(41)43-28(3,4)5)14-39(23)26(40)18(2)20-9-8-10-21(12-20)29(15-42-16-29)24(31)25-37-36-17-38(25)6/h7-12,14,17,24H,2,13,15-16H2,1,3-6H3,(H,35,41)/b23-7-. The van der Waals surface area contributed by atoms with Gasteiger partial charge in [-0.1, -0.05) is 36.9 Å². The molecule has 0 bridgehead atoms. The predicted octanol–water partition coefficient (Wildman–Crippen LogP) is 5.45. The Morgan fingerprint density at radius 1 is 1.26 bits per heavy atom. The molecular weight excluding hydrogens is 570 g/mol. The highest BCUT2D eigenvalue weighted by molar-refractivity contribution is 6.20. The zero-order chi connectivity index (χ0) is 31.7. The summed E-state index contributed by atoms with van der Waals surface area (Å²) >= 11 is 0. The number of allylic oxidation sites excluding steroid dienone is 2. The number of ether oxygens (including phenoxy) is 2. The Labute approximate surface area is 246 Å². The molecule has 1 fully saturated rings. The summed E-state index contributed by atoms with van der Waals surface area (Å²) in [6.45, 7) is 9.98. The number of nitrogens with zero attached hydrogens (tertiary/aromatic N) is 4. The normalized spacial score (nSPS) is 18.3. The van der Waals surface area contributed by atoms with Crippen LogP contribution in [-0.4, -0.2) is 63.2 Å². The lowest BCUT2D eigenvalue weighted by Gasteiger charge is -2.43. The van der Waals surface area contributed by atoms with Crippen molar-refractivity contribution in [2.75, 3.05) is 19.8 Å². The molecular formula is C30H33F4N5O4. The Balaban J connectivity index is 1.64. The lowest BCUT2D eigenvalue weighted by molar-refractivity contribution is -0.122. The lowest BCUT2D eigenvalue weighted by atomic mass is 9.73. The number of hydrogen-bond donors (Lipinski definition) is 1. The van der Waals surface area contributed by atoms with Crippen molar-refractivity contribution in [1.29, 1.82) is 0 Å². The summed E-state index contributed by atoms with van der Waals surface area (Å²) in [5, 5.41) is 10.1. The second-order valence-corrected chi connectivity index (χ2v) is 11.3. The molecule has 4 rings (SSSR count). The Morgan fingerprint density at radius 3 is 2.49 bits per heavy atom. The highest BCUT2D eigenvalue weighted by Crippen LogP contribution is 2.46. The number of nitrogens with one attached hydrogen (secondary N) is 1. The van der Waals surface area contributed by atoms with Crippen molar-refractivity contribution in [2.24, 2.45) is 7.05 Å². The number of amides is 2. The highest BCUT2D eigenvalue weighted by atomic mass is 19.4. The second-order valence-electron chi connectivity index (χ2n) is 11.3. The first-order chi connectivity index (χ1) is 20.1. The second kappa shape index (κ2) is 11.8. The maximum Gasteiger partial charge on any atom is 0.418 e. The topological polar surface area (TPSA) is 98.6 Å². The minimum atomic E-state index is -4.81. The number of benzene rings is 1. The fraction of sp³-hybridized carbons (Fsp3) is 0.400. The predicted molar refractivity (Wildman–Crippen MR) is 150 cm³/mol. The van der Waals surface area contributed by atoms with Gasteiger partial charge in [0, 0.05) is 25.4 Å². The molecule has 1 aromatic carbocycles. The van der Waals surface area contributed by atoms with E-state index < -0.39 is 46.6 Å². The van der Waals surface area contributed by atoms with Crippen molar-refractivity contribution < 1.29 is 36.6 Å². The van der Waals surface area contributed by atoms with Crippen molar-refractivity contribution in [2.45, 2.75) is 51.1 Å². The first kappa shape index (κ1) is 31.7. The Hall–Kier alpha value is -4.26. The minimum Gasteiger partial charge on any atom is -0.444 e. The third kappa shape index (κ3) is 6.56. The maximum atomic E-state index is 15.8. The van der Waals surface area contributed by atoms with E-state index >= 15 is 4.39 Å². The van der Waals surface area contributed by atoms with Gasteiger partial charge in [-0.05, 0) is 50.5 Å². The summed E-state index contributed by atoms with van der Waals surface area (Å²) in [5.41, 5.74) is -2.69. The van der Waals surface area contributed by atoms with E-state index in [2.05, 4.69) is 22.1 Å². The molecule has 13 heteroatoms. The number of alkyl halides is 4. The Morgan fingerprint density at radius 2 is 1.95 bits per heavy atom. The molecule has 2 aliphatic rings. The number of rotatable bonds is 7. The molecule has 9 nitrogen and oxygen atoms in total.